The second-order valence-electron chi connectivity index (χ2n) is 9.55. The number of carbonyl (C=O) groups is 2. The number of nitrogens with one attached hydrogen (secondary N) is 1. The quantitative estimate of drug-likeness (QED) is 0.193. The van der Waals surface area contributed by atoms with E-state index in [1.54, 1.807) is 16.7 Å². The molecule has 1 unspecified atom stereocenters. The van der Waals surface area contributed by atoms with Gasteiger partial charge in [0.2, 0.25) is 14.2 Å². The van der Waals surface area contributed by atoms with Crippen molar-refractivity contribution in [1.82, 2.24) is 9.88 Å². The summed E-state index contributed by atoms with van der Waals surface area (Å²) in [5.74, 6) is 0.256. The van der Waals surface area contributed by atoms with E-state index >= 15 is 0 Å². The van der Waals surface area contributed by atoms with Crippen LogP contribution < -0.4 is 39.3 Å². The zero-order valence-electron chi connectivity index (χ0n) is 18.4. The van der Waals surface area contributed by atoms with Gasteiger partial charge in [0.15, 0.2) is 18.9 Å². The van der Waals surface area contributed by atoms with Gasteiger partial charge in [-0.1, -0.05) is 19.6 Å². The van der Waals surface area contributed by atoms with E-state index in [2.05, 4.69) is 24.6 Å². The van der Waals surface area contributed by atoms with Crippen LogP contribution in [0.5, 0.6) is 0 Å². The van der Waals surface area contributed by atoms with E-state index < -0.39 is 16.6 Å². The van der Waals surface area contributed by atoms with E-state index in [-0.39, 0.29) is 47.3 Å². The summed E-state index contributed by atoms with van der Waals surface area (Å²) in [6.45, 7) is 12.9. The number of nitrogens with zero attached hydrogens (tertiary/aromatic N) is 2. The van der Waals surface area contributed by atoms with Crippen LogP contribution in [-0.2, 0) is 20.6 Å². The molecule has 3 N–H and O–H groups in total. The molecule has 1 aromatic heterocycles. The van der Waals surface area contributed by atoms with E-state index in [1.165, 1.54) is 0 Å². The molecular weight excluding hydrogens is 547 g/mol. The predicted octanol–water partition coefficient (Wildman–Crippen LogP) is -1.10. The molecule has 7 nitrogen and oxygen atoms in total. The number of rotatable bonds is 6. The van der Waals surface area contributed by atoms with E-state index in [0.29, 0.717) is 23.7 Å². The summed E-state index contributed by atoms with van der Waals surface area (Å²) in [5.41, 5.74) is 7.87. The molecule has 0 bridgehead atoms. The molecule has 30 heavy (non-hydrogen) atoms. The molecule has 2 atom stereocenters. The molecule has 0 radical (unpaired) electrons. The molecule has 1 amide bonds. The Morgan fingerprint density at radius 2 is 2.00 bits per heavy atom. The first-order valence-electron chi connectivity index (χ1n) is 9.78. The molecule has 11 heteroatoms. The molecule has 1 aromatic rings. The first-order chi connectivity index (χ1) is 13.4. The number of amides is 1. The highest BCUT2D eigenvalue weighted by atomic mass is 127. The van der Waals surface area contributed by atoms with Crippen LogP contribution in [-0.4, -0.2) is 50.5 Å². The predicted molar refractivity (Wildman–Crippen MR) is 121 cm³/mol. The Hall–Kier alpha value is -0.896. The van der Waals surface area contributed by atoms with Crippen LogP contribution in [0.25, 0.3) is 0 Å². The normalized spacial score (nSPS) is 21.5. The average Bonchev–Trinajstić information content (AvgIpc) is 2.57. The smallest absolute Gasteiger partial charge is 0.341 e. The van der Waals surface area contributed by atoms with E-state index in [0.717, 1.165) is 5.57 Å². The summed E-state index contributed by atoms with van der Waals surface area (Å²) in [4.78, 5) is 31.3. The zero-order chi connectivity index (χ0) is 21.6. The summed E-state index contributed by atoms with van der Waals surface area (Å²) in [6.07, 6.45) is 3.74. The Balaban J connectivity index is 0.00000320. The van der Waals surface area contributed by atoms with Crippen molar-refractivity contribution >= 4 is 45.9 Å². The highest BCUT2D eigenvalue weighted by molar-refractivity contribution is 8.00. The largest absolute Gasteiger partial charge is 1.00 e. The maximum atomic E-state index is 13.1. The molecule has 0 aromatic carbocycles. The lowest BCUT2D eigenvalue weighted by Crippen LogP contribution is -3.00. The highest BCUT2D eigenvalue weighted by Crippen LogP contribution is 2.41. The van der Waals surface area contributed by atoms with Crippen molar-refractivity contribution in [3.8, 4) is 0 Å². The first kappa shape index (κ1) is 25.4. The van der Waals surface area contributed by atoms with Gasteiger partial charge in [0.25, 0.3) is 0 Å². The number of nitrogens with two attached hydrogens (primary N) is 1. The maximum absolute atomic E-state index is 13.1. The third-order valence-electron chi connectivity index (χ3n) is 4.48. The SMILES string of the molecule is C[Si](C)(C)NC1C(=O)N2C(C(=O)O[Si](C)(C)C)=C(C[n+]3cccc(N)c3)CS[C@@H]12.[I-]. The van der Waals surface area contributed by atoms with Gasteiger partial charge in [0, 0.05) is 17.4 Å². The van der Waals surface area contributed by atoms with Gasteiger partial charge in [-0.2, -0.15) is 4.57 Å². The first-order valence-corrected chi connectivity index (χ1v) is 17.7. The van der Waals surface area contributed by atoms with Crippen molar-refractivity contribution in [2.75, 3.05) is 11.5 Å². The Labute approximate surface area is 202 Å². The molecule has 3 rings (SSSR count). The minimum Gasteiger partial charge on any atom is -1.00 e. The van der Waals surface area contributed by atoms with Crippen LogP contribution >= 0.6 is 11.8 Å². The number of anilines is 1. The van der Waals surface area contributed by atoms with E-state index in [9.17, 15) is 9.59 Å². The number of halogens is 1. The fourth-order valence-electron chi connectivity index (χ4n) is 3.45. The van der Waals surface area contributed by atoms with Crippen molar-refractivity contribution in [2.45, 2.75) is 57.2 Å². The van der Waals surface area contributed by atoms with Crippen LogP contribution in [0.3, 0.4) is 0 Å². The van der Waals surface area contributed by atoms with Crippen molar-refractivity contribution in [1.29, 1.82) is 0 Å². The Morgan fingerprint density at radius 1 is 1.33 bits per heavy atom. The van der Waals surface area contributed by atoms with Crippen molar-refractivity contribution in [3.05, 3.63) is 35.8 Å². The molecule has 2 aliphatic rings. The number of pyridine rings is 1. The summed E-state index contributed by atoms with van der Waals surface area (Å²) >= 11 is 1.70. The summed E-state index contributed by atoms with van der Waals surface area (Å²) < 4.78 is 7.74. The molecule has 0 saturated carbocycles. The second kappa shape index (κ2) is 9.30. The Kier molecular flexibility index (Phi) is 7.87. The second-order valence-corrected chi connectivity index (χ2v) is 19.9. The van der Waals surface area contributed by atoms with Gasteiger partial charge in [-0.25, -0.2) is 4.79 Å². The summed E-state index contributed by atoms with van der Waals surface area (Å²) in [5, 5.41) is -0.0620. The van der Waals surface area contributed by atoms with Crippen LogP contribution in [0.2, 0.25) is 39.3 Å². The molecule has 166 valence electrons. The number of fused-ring (bicyclic) bond motifs is 1. The maximum Gasteiger partial charge on any atom is 0.341 e. The van der Waals surface area contributed by atoms with Gasteiger partial charge < -0.3 is 39.1 Å². The van der Waals surface area contributed by atoms with Gasteiger partial charge in [-0.05, 0) is 25.7 Å². The lowest BCUT2D eigenvalue weighted by molar-refractivity contribution is -0.688. The fourth-order valence-corrected chi connectivity index (χ4v) is 6.77. The van der Waals surface area contributed by atoms with Crippen LogP contribution in [0, 0.1) is 0 Å². The number of hydrogen-bond donors (Lipinski definition) is 2. The molecule has 3 heterocycles. The monoisotopic (exact) mass is 578 g/mol. The van der Waals surface area contributed by atoms with Gasteiger partial charge in [-0.3, -0.25) is 9.69 Å². The van der Waals surface area contributed by atoms with E-state index in [1.807, 2.05) is 48.7 Å². The van der Waals surface area contributed by atoms with Crippen molar-refractivity contribution < 1.29 is 42.6 Å². The number of β-lactam (4-membered cyclic amide) rings is 1. The number of aromatic nitrogens is 1. The van der Waals surface area contributed by atoms with Crippen molar-refractivity contribution in [3.63, 3.8) is 0 Å². The molecule has 1 saturated heterocycles. The average molecular weight is 579 g/mol. The number of nitrogen functional groups attached to an aromatic ring is 1. The van der Waals surface area contributed by atoms with Gasteiger partial charge in [0.05, 0.1) is 5.69 Å². The third kappa shape index (κ3) is 5.87. The molecular formula is C19H31IN4O3SSi2. The molecule has 2 aliphatic heterocycles. The number of hydrogen-bond acceptors (Lipinski definition) is 6. The molecule has 1 fully saturated rings. The number of carbonyl (C=O) groups excluding carboxylic acids is 2. The van der Waals surface area contributed by atoms with Crippen LogP contribution in [0.4, 0.5) is 5.69 Å². The minimum absolute atomic E-state index is 0. The summed E-state index contributed by atoms with van der Waals surface area (Å²) in [6, 6.07) is 3.46. The van der Waals surface area contributed by atoms with Crippen molar-refractivity contribution in [2.24, 2.45) is 0 Å². The lowest BCUT2D eigenvalue weighted by Gasteiger charge is -2.51. The molecule has 0 spiro atoms. The highest BCUT2D eigenvalue weighted by Gasteiger charge is 2.55. The molecule has 0 aliphatic carbocycles. The van der Waals surface area contributed by atoms with Crippen LogP contribution in [0.15, 0.2) is 35.8 Å². The van der Waals surface area contributed by atoms with Gasteiger partial charge in [0.1, 0.15) is 25.3 Å². The third-order valence-corrected chi connectivity index (χ3v) is 7.80. The summed E-state index contributed by atoms with van der Waals surface area (Å²) in [7, 11) is -3.74. The standard InChI is InChI=1S/C19H31N4O3SSi2.HI/c1-28(2,3)21-15-17(24)23-16(19(25)26-29(4,5)6)13(12-27-18(15)23)10-22-9-7-8-14(20)11-22;/h7-9,11,15,18,21H,10,12,20H2,1-6H3;1H/q+1;/p-1/t15?,18-;/m0./s1. The number of thioether (sulfide) groups is 1. The van der Waals surface area contributed by atoms with E-state index in [4.69, 9.17) is 10.2 Å². The lowest BCUT2D eigenvalue weighted by atomic mass is 10.0. The zero-order valence-corrected chi connectivity index (χ0v) is 23.3. The van der Waals surface area contributed by atoms with Gasteiger partial charge >= 0.3 is 5.97 Å². The Bertz CT molecular complexity index is 870. The van der Waals surface area contributed by atoms with Gasteiger partial charge in [-0.15, -0.1) is 11.8 Å². The van der Waals surface area contributed by atoms with Crippen LogP contribution in [0.1, 0.15) is 0 Å². The fraction of sp³-hybridized carbons (Fsp3) is 0.526. The topological polar surface area (TPSA) is 88.5 Å². The Morgan fingerprint density at radius 3 is 2.57 bits per heavy atom. The minimum atomic E-state index is -2.10.